The van der Waals surface area contributed by atoms with Crippen molar-refractivity contribution in [2.24, 2.45) is 5.73 Å². The van der Waals surface area contributed by atoms with Gasteiger partial charge in [0.25, 0.3) is 5.69 Å². The van der Waals surface area contributed by atoms with Gasteiger partial charge < -0.3 is 11.1 Å². The molecule has 6 nitrogen and oxygen atoms in total. The van der Waals surface area contributed by atoms with Crippen molar-refractivity contribution in [2.45, 2.75) is 6.54 Å². The zero-order valence-corrected chi connectivity index (χ0v) is 12.5. The molecular formula is C14H12BrN3O3. The van der Waals surface area contributed by atoms with E-state index in [9.17, 15) is 14.9 Å². The Hall–Kier alpha value is -2.41. The number of anilines is 1. The summed E-state index contributed by atoms with van der Waals surface area (Å²) >= 11 is 3.29. The average molecular weight is 350 g/mol. The number of nitrogens with zero attached hydrogens (tertiary/aromatic N) is 1. The van der Waals surface area contributed by atoms with Crippen molar-refractivity contribution in [1.29, 1.82) is 0 Å². The summed E-state index contributed by atoms with van der Waals surface area (Å²) in [7, 11) is 0. The van der Waals surface area contributed by atoms with Crippen LogP contribution in [0.5, 0.6) is 0 Å². The Morgan fingerprint density at radius 1 is 1.24 bits per heavy atom. The predicted octanol–water partition coefficient (Wildman–Crippen LogP) is 3.07. The maximum absolute atomic E-state index is 11.0. The first-order valence-corrected chi connectivity index (χ1v) is 6.83. The molecule has 2 aromatic carbocycles. The molecule has 0 aliphatic rings. The summed E-state index contributed by atoms with van der Waals surface area (Å²) in [5.74, 6) is -0.465. The maximum atomic E-state index is 11.0. The lowest BCUT2D eigenvalue weighted by atomic mass is 10.1. The SMILES string of the molecule is NC(=O)c1ccc(CNc2ccc([N+](=O)[O-])cc2Br)cc1. The molecule has 0 spiro atoms. The van der Waals surface area contributed by atoms with Crippen LogP contribution in [0.4, 0.5) is 11.4 Å². The molecule has 0 atom stereocenters. The molecule has 2 rings (SSSR count). The smallest absolute Gasteiger partial charge is 0.270 e. The van der Waals surface area contributed by atoms with E-state index in [2.05, 4.69) is 21.2 Å². The molecule has 0 heterocycles. The standard InChI is InChI=1S/C14H12BrN3O3/c15-12-7-11(18(20)21)5-6-13(12)17-8-9-1-3-10(4-2-9)14(16)19/h1-7,17H,8H2,(H2,16,19). The number of halogens is 1. The minimum absolute atomic E-state index is 0.0261. The summed E-state index contributed by atoms with van der Waals surface area (Å²) in [5, 5.41) is 13.8. The van der Waals surface area contributed by atoms with Crippen LogP contribution in [0.1, 0.15) is 15.9 Å². The van der Waals surface area contributed by atoms with E-state index in [1.807, 2.05) is 0 Å². The zero-order chi connectivity index (χ0) is 15.4. The molecule has 1 amide bonds. The Morgan fingerprint density at radius 2 is 1.90 bits per heavy atom. The van der Waals surface area contributed by atoms with Crippen molar-refractivity contribution in [3.8, 4) is 0 Å². The van der Waals surface area contributed by atoms with Gasteiger partial charge in [-0.3, -0.25) is 14.9 Å². The van der Waals surface area contributed by atoms with Crippen LogP contribution in [0.2, 0.25) is 0 Å². The number of hydrogen-bond acceptors (Lipinski definition) is 4. The van der Waals surface area contributed by atoms with E-state index in [0.29, 0.717) is 16.6 Å². The first-order valence-electron chi connectivity index (χ1n) is 6.04. The summed E-state index contributed by atoms with van der Waals surface area (Å²) in [4.78, 5) is 21.2. The number of benzene rings is 2. The van der Waals surface area contributed by atoms with Crippen molar-refractivity contribution in [1.82, 2.24) is 0 Å². The van der Waals surface area contributed by atoms with Gasteiger partial charge in [-0.1, -0.05) is 12.1 Å². The van der Waals surface area contributed by atoms with Gasteiger partial charge >= 0.3 is 0 Å². The van der Waals surface area contributed by atoms with Crippen LogP contribution in [-0.4, -0.2) is 10.8 Å². The largest absolute Gasteiger partial charge is 0.380 e. The van der Waals surface area contributed by atoms with Crippen molar-refractivity contribution in [3.05, 3.63) is 68.2 Å². The van der Waals surface area contributed by atoms with Gasteiger partial charge in [-0.2, -0.15) is 0 Å². The van der Waals surface area contributed by atoms with Crippen molar-refractivity contribution >= 4 is 33.2 Å². The molecule has 0 aromatic heterocycles. The number of carbonyl (C=O) groups excluding carboxylic acids is 1. The molecule has 0 bridgehead atoms. The first kappa shape index (κ1) is 15.0. The van der Waals surface area contributed by atoms with Gasteiger partial charge in [0.05, 0.1) is 4.92 Å². The zero-order valence-electron chi connectivity index (χ0n) is 10.9. The molecule has 0 fully saturated rings. The van der Waals surface area contributed by atoms with Gasteiger partial charge in [0.15, 0.2) is 0 Å². The third-order valence-electron chi connectivity index (χ3n) is 2.88. The Morgan fingerprint density at radius 3 is 2.43 bits per heavy atom. The lowest BCUT2D eigenvalue weighted by Crippen LogP contribution is -2.10. The highest BCUT2D eigenvalue weighted by atomic mass is 79.9. The van der Waals surface area contributed by atoms with E-state index < -0.39 is 10.8 Å². The Balaban J connectivity index is 2.06. The van der Waals surface area contributed by atoms with Crippen LogP contribution in [-0.2, 0) is 6.54 Å². The molecule has 0 aliphatic carbocycles. The summed E-state index contributed by atoms with van der Waals surface area (Å²) in [6.45, 7) is 0.523. The average Bonchev–Trinajstić information content (AvgIpc) is 2.46. The number of amides is 1. The maximum Gasteiger partial charge on any atom is 0.270 e. The fraction of sp³-hybridized carbons (Fsp3) is 0.0714. The predicted molar refractivity (Wildman–Crippen MR) is 83.1 cm³/mol. The summed E-state index contributed by atoms with van der Waals surface area (Å²) in [5.41, 5.74) is 7.36. The minimum atomic E-state index is -0.465. The third-order valence-corrected chi connectivity index (χ3v) is 3.54. The van der Waals surface area contributed by atoms with E-state index in [0.717, 1.165) is 11.3 Å². The number of nitrogens with two attached hydrogens (primary N) is 1. The van der Waals surface area contributed by atoms with Crippen LogP contribution in [0.3, 0.4) is 0 Å². The number of non-ortho nitro benzene ring substituents is 1. The molecule has 7 heteroatoms. The van der Waals surface area contributed by atoms with Gasteiger partial charge in [-0.05, 0) is 39.7 Å². The number of nitro groups is 1. The van der Waals surface area contributed by atoms with Crippen molar-refractivity contribution < 1.29 is 9.72 Å². The Labute approximate surface area is 129 Å². The second-order valence-electron chi connectivity index (χ2n) is 4.34. The molecule has 0 saturated carbocycles. The topological polar surface area (TPSA) is 98.3 Å². The van der Waals surface area contributed by atoms with Crippen LogP contribution in [0.25, 0.3) is 0 Å². The van der Waals surface area contributed by atoms with Gasteiger partial charge in [-0.25, -0.2) is 0 Å². The molecule has 108 valence electrons. The lowest BCUT2D eigenvalue weighted by Gasteiger charge is -2.09. The van der Waals surface area contributed by atoms with Crippen LogP contribution in [0.15, 0.2) is 46.9 Å². The third kappa shape index (κ3) is 3.79. The number of carbonyl (C=O) groups is 1. The van der Waals surface area contributed by atoms with Gasteiger partial charge in [0.2, 0.25) is 5.91 Å². The fourth-order valence-electron chi connectivity index (χ4n) is 1.75. The molecule has 0 saturated heterocycles. The van der Waals surface area contributed by atoms with Gasteiger partial charge in [-0.15, -0.1) is 0 Å². The second kappa shape index (κ2) is 6.36. The summed E-state index contributed by atoms with van der Waals surface area (Å²) in [6, 6.07) is 11.4. The Kier molecular flexibility index (Phi) is 4.54. The number of hydrogen-bond donors (Lipinski definition) is 2. The van der Waals surface area contributed by atoms with Crippen LogP contribution in [0, 0.1) is 10.1 Å². The van der Waals surface area contributed by atoms with Gasteiger partial charge in [0.1, 0.15) is 0 Å². The summed E-state index contributed by atoms with van der Waals surface area (Å²) < 4.78 is 0.616. The normalized spacial score (nSPS) is 10.1. The highest BCUT2D eigenvalue weighted by molar-refractivity contribution is 9.10. The second-order valence-corrected chi connectivity index (χ2v) is 5.19. The van der Waals surface area contributed by atoms with E-state index in [1.54, 1.807) is 30.3 Å². The molecule has 0 radical (unpaired) electrons. The fourth-order valence-corrected chi connectivity index (χ4v) is 2.25. The highest BCUT2D eigenvalue weighted by Gasteiger charge is 2.08. The number of primary amides is 1. The van der Waals surface area contributed by atoms with Crippen LogP contribution < -0.4 is 11.1 Å². The quantitative estimate of drug-likeness (QED) is 0.640. The Bertz CT molecular complexity index is 686. The number of nitro benzene ring substituents is 1. The molecule has 2 aromatic rings. The number of rotatable bonds is 5. The van der Waals surface area contributed by atoms with Crippen molar-refractivity contribution in [2.75, 3.05) is 5.32 Å². The molecular weight excluding hydrogens is 338 g/mol. The van der Waals surface area contributed by atoms with E-state index in [-0.39, 0.29) is 5.69 Å². The number of nitrogens with one attached hydrogen (secondary N) is 1. The lowest BCUT2D eigenvalue weighted by molar-refractivity contribution is -0.384. The minimum Gasteiger partial charge on any atom is -0.380 e. The molecule has 0 unspecified atom stereocenters. The van der Waals surface area contributed by atoms with E-state index in [4.69, 9.17) is 5.73 Å². The molecule has 0 aliphatic heterocycles. The van der Waals surface area contributed by atoms with Crippen molar-refractivity contribution in [3.63, 3.8) is 0 Å². The molecule has 21 heavy (non-hydrogen) atoms. The van der Waals surface area contributed by atoms with E-state index >= 15 is 0 Å². The monoisotopic (exact) mass is 349 g/mol. The van der Waals surface area contributed by atoms with Gasteiger partial charge in [0, 0.05) is 34.4 Å². The molecule has 3 N–H and O–H groups in total. The highest BCUT2D eigenvalue weighted by Crippen LogP contribution is 2.27. The van der Waals surface area contributed by atoms with E-state index in [1.165, 1.54) is 12.1 Å². The van der Waals surface area contributed by atoms with Crippen LogP contribution >= 0.6 is 15.9 Å². The summed E-state index contributed by atoms with van der Waals surface area (Å²) in [6.07, 6.45) is 0. The first-order chi connectivity index (χ1) is 9.97.